The summed E-state index contributed by atoms with van der Waals surface area (Å²) in [6.45, 7) is 0.0533. The summed E-state index contributed by atoms with van der Waals surface area (Å²) in [5, 5.41) is 2.15. The Kier molecular flexibility index (Phi) is 3.77. The Morgan fingerprint density at radius 3 is 2.24 bits per heavy atom. The van der Waals surface area contributed by atoms with E-state index in [2.05, 4.69) is 5.32 Å². The first kappa shape index (κ1) is 13.5. The summed E-state index contributed by atoms with van der Waals surface area (Å²) in [5.41, 5.74) is 4.03. The summed E-state index contributed by atoms with van der Waals surface area (Å²) in [7, 11) is 0. The van der Waals surface area contributed by atoms with Gasteiger partial charge in [0.1, 0.15) is 5.54 Å². The van der Waals surface area contributed by atoms with Crippen molar-refractivity contribution in [2.45, 2.75) is 18.6 Å². The molecule has 0 aromatic heterocycles. The van der Waals surface area contributed by atoms with Crippen LogP contribution in [-0.4, -0.2) is 18.6 Å². The molecule has 0 spiro atoms. The van der Waals surface area contributed by atoms with Gasteiger partial charge >= 0.3 is 6.18 Å². The van der Waals surface area contributed by atoms with Crippen molar-refractivity contribution < 1.29 is 18.0 Å². The molecular formula is C11H13F3N2O. The molecule has 0 heterocycles. The maximum absolute atomic E-state index is 12.2. The number of carbonyl (C=O) groups is 1. The van der Waals surface area contributed by atoms with Crippen molar-refractivity contribution in [3.63, 3.8) is 0 Å². The second kappa shape index (κ2) is 4.75. The average Bonchev–Trinajstić information content (AvgIpc) is 2.26. The van der Waals surface area contributed by atoms with Gasteiger partial charge in [-0.3, -0.25) is 10.1 Å². The Balaban J connectivity index is 2.95. The van der Waals surface area contributed by atoms with Gasteiger partial charge in [-0.15, -0.1) is 0 Å². The topological polar surface area (TPSA) is 55.1 Å². The van der Waals surface area contributed by atoms with E-state index in [1.165, 1.54) is 6.92 Å². The van der Waals surface area contributed by atoms with Crippen LogP contribution in [0.25, 0.3) is 0 Å². The summed E-state index contributed by atoms with van der Waals surface area (Å²) >= 11 is 0. The van der Waals surface area contributed by atoms with E-state index in [1.807, 2.05) is 0 Å². The van der Waals surface area contributed by atoms with E-state index < -0.39 is 24.2 Å². The van der Waals surface area contributed by atoms with Crippen LogP contribution in [0.15, 0.2) is 30.3 Å². The van der Waals surface area contributed by atoms with Gasteiger partial charge in [-0.05, 0) is 12.5 Å². The standard InChI is InChI=1S/C11H13F3N2O/c1-10(9(15)17,16-7-11(12,13)14)8-5-3-2-4-6-8/h2-6,16H,7H2,1H3,(H2,15,17). The van der Waals surface area contributed by atoms with Gasteiger partial charge in [0.25, 0.3) is 0 Å². The molecule has 3 N–H and O–H groups in total. The fourth-order valence-corrected chi connectivity index (χ4v) is 1.38. The molecule has 3 nitrogen and oxygen atoms in total. The predicted octanol–water partition coefficient (Wildman–Crippen LogP) is 1.54. The van der Waals surface area contributed by atoms with Crippen molar-refractivity contribution in [3.8, 4) is 0 Å². The smallest absolute Gasteiger partial charge is 0.368 e. The first-order valence-electron chi connectivity index (χ1n) is 4.93. The van der Waals surface area contributed by atoms with Gasteiger partial charge in [0.15, 0.2) is 0 Å². The molecular weight excluding hydrogens is 233 g/mol. The molecule has 17 heavy (non-hydrogen) atoms. The lowest BCUT2D eigenvalue weighted by molar-refractivity contribution is -0.135. The number of nitrogens with two attached hydrogens (primary N) is 1. The molecule has 0 radical (unpaired) electrons. The molecule has 0 fully saturated rings. The fourth-order valence-electron chi connectivity index (χ4n) is 1.38. The van der Waals surface area contributed by atoms with Gasteiger partial charge in [0.05, 0.1) is 6.54 Å². The predicted molar refractivity (Wildman–Crippen MR) is 57.0 cm³/mol. The van der Waals surface area contributed by atoms with E-state index >= 15 is 0 Å². The van der Waals surface area contributed by atoms with Crippen molar-refractivity contribution in [1.29, 1.82) is 0 Å². The summed E-state index contributed by atoms with van der Waals surface area (Å²) < 4.78 is 36.5. The van der Waals surface area contributed by atoms with Crippen LogP contribution in [0, 0.1) is 0 Å². The van der Waals surface area contributed by atoms with Crippen molar-refractivity contribution in [3.05, 3.63) is 35.9 Å². The highest BCUT2D eigenvalue weighted by molar-refractivity contribution is 5.85. The van der Waals surface area contributed by atoms with Crippen LogP contribution in [0.4, 0.5) is 13.2 Å². The molecule has 1 aromatic carbocycles. The molecule has 0 saturated carbocycles. The highest BCUT2D eigenvalue weighted by atomic mass is 19.4. The summed E-state index contributed by atoms with van der Waals surface area (Å²) in [5.74, 6) is -0.854. The second-order valence-corrected chi connectivity index (χ2v) is 3.82. The maximum atomic E-state index is 12.2. The third-order valence-electron chi connectivity index (χ3n) is 2.49. The lowest BCUT2D eigenvalue weighted by Gasteiger charge is -2.28. The zero-order valence-electron chi connectivity index (χ0n) is 9.21. The highest BCUT2D eigenvalue weighted by Gasteiger charge is 2.37. The number of hydrogen-bond donors (Lipinski definition) is 2. The van der Waals surface area contributed by atoms with Gasteiger partial charge in [0, 0.05) is 0 Å². The number of primary amides is 1. The maximum Gasteiger partial charge on any atom is 0.401 e. The minimum absolute atomic E-state index is 0.400. The van der Waals surface area contributed by atoms with Crippen LogP contribution in [-0.2, 0) is 10.3 Å². The van der Waals surface area contributed by atoms with E-state index in [9.17, 15) is 18.0 Å². The largest absolute Gasteiger partial charge is 0.401 e. The number of nitrogens with one attached hydrogen (secondary N) is 1. The van der Waals surface area contributed by atoms with Crippen molar-refractivity contribution >= 4 is 5.91 Å². The lowest BCUT2D eigenvalue weighted by atomic mass is 9.91. The molecule has 0 aliphatic carbocycles. The molecule has 0 bridgehead atoms. The number of halogens is 3. The third-order valence-corrected chi connectivity index (χ3v) is 2.49. The molecule has 1 rings (SSSR count). The third kappa shape index (κ3) is 3.45. The Bertz CT molecular complexity index is 391. The minimum atomic E-state index is -4.40. The zero-order valence-corrected chi connectivity index (χ0v) is 9.21. The van der Waals surface area contributed by atoms with Crippen LogP contribution in [0.3, 0.4) is 0 Å². The monoisotopic (exact) mass is 246 g/mol. The van der Waals surface area contributed by atoms with Crippen molar-refractivity contribution in [1.82, 2.24) is 5.32 Å². The quantitative estimate of drug-likeness (QED) is 0.846. The lowest BCUT2D eigenvalue weighted by Crippen LogP contribution is -2.53. The Morgan fingerprint density at radius 2 is 1.82 bits per heavy atom. The number of amides is 1. The van der Waals surface area contributed by atoms with Crippen molar-refractivity contribution in [2.75, 3.05) is 6.54 Å². The number of alkyl halides is 3. The van der Waals surface area contributed by atoms with Gasteiger partial charge in [0.2, 0.25) is 5.91 Å². The van der Waals surface area contributed by atoms with E-state index in [4.69, 9.17) is 5.73 Å². The summed E-state index contributed by atoms with van der Waals surface area (Å²) in [6.07, 6.45) is -4.40. The SMILES string of the molecule is CC(NCC(F)(F)F)(C(N)=O)c1ccccc1. The van der Waals surface area contributed by atoms with E-state index in [1.54, 1.807) is 30.3 Å². The first-order valence-corrected chi connectivity index (χ1v) is 4.93. The van der Waals surface area contributed by atoms with Gasteiger partial charge in [-0.2, -0.15) is 13.2 Å². The molecule has 0 aliphatic heterocycles. The van der Waals surface area contributed by atoms with E-state index in [0.717, 1.165) is 0 Å². The van der Waals surface area contributed by atoms with Crippen molar-refractivity contribution in [2.24, 2.45) is 5.73 Å². The Morgan fingerprint density at radius 1 is 1.29 bits per heavy atom. The number of carbonyl (C=O) groups excluding carboxylic acids is 1. The molecule has 0 aliphatic rings. The first-order chi connectivity index (χ1) is 7.76. The van der Waals surface area contributed by atoms with Crippen LogP contribution in [0.5, 0.6) is 0 Å². The highest BCUT2D eigenvalue weighted by Crippen LogP contribution is 2.22. The van der Waals surface area contributed by atoms with Crippen LogP contribution >= 0.6 is 0 Å². The number of rotatable bonds is 4. The normalized spacial score (nSPS) is 15.3. The molecule has 1 atom stereocenters. The molecule has 1 amide bonds. The van der Waals surface area contributed by atoms with Gasteiger partial charge < -0.3 is 5.73 Å². The number of benzene rings is 1. The number of hydrogen-bond acceptors (Lipinski definition) is 2. The summed E-state index contributed by atoms with van der Waals surface area (Å²) in [4.78, 5) is 11.3. The van der Waals surface area contributed by atoms with E-state index in [-0.39, 0.29) is 0 Å². The summed E-state index contributed by atoms with van der Waals surface area (Å²) in [6, 6.07) is 8.06. The molecule has 1 aromatic rings. The minimum Gasteiger partial charge on any atom is -0.368 e. The van der Waals surface area contributed by atoms with Gasteiger partial charge in [-0.25, -0.2) is 0 Å². The van der Waals surface area contributed by atoms with Gasteiger partial charge in [-0.1, -0.05) is 30.3 Å². The second-order valence-electron chi connectivity index (χ2n) is 3.82. The Hall–Kier alpha value is -1.56. The van der Waals surface area contributed by atoms with Crippen LogP contribution in [0.2, 0.25) is 0 Å². The molecule has 1 unspecified atom stereocenters. The van der Waals surface area contributed by atoms with Crippen LogP contribution in [0.1, 0.15) is 12.5 Å². The molecule has 6 heteroatoms. The average molecular weight is 246 g/mol. The fraction of sp³-hybridized carbons (Fsp3) is 0.364. The van der Waals surface area contributed by atoms with Crippen LogP contribution < -0.4 is 11.1 Å². The molecule has 0 saturated heterocycles. The van der Waals surface area contributed by atoms with E-state index in [0.29, 0.717) is 5.56 Å². The Labute approximate surface area is 96.8 Å². The molecule has 94 valence electrons. The zero-order chi connectivity index (χ0) is 13.1.